The minimum Gasteiger partial charge on any atom is -0.508 e. The molecule has 1 rings (SSSR count). The van der Waals surface area contributed by atoms with Crippen molar-refractivity contribution in [1.29, 1.82) is 0 Å². The Bertz CT molecular complexity index is 311. The van der Waals surface area contributed by atoms with Crippen molar-refractivity contribution >= 4 is 0 Å². The molecule has 0 heterocycles. The van der Waals surface area contributed by atoms with Gasteiger partial charge in [-0.05, 0) is 31.7 Å². The Morgan fingerprint density at radius 2 is 2.12 bits per heavy atom. The lowest BCUT2D eigenvalue weighted by Gasteiger charge is -2.16. The number of hydrogen-bond donors (Lipinski definition) is 1. The third-order valence-electron chi connectivity index (χ3n) is 2.22. The minimum atomic E-state index is -0.409. The summed E-state index contributed by atoms with van der Waals surface area (Å²) in [5.74, 6) is -0.443. The normalized spacial score (nSPS) is 11.0. The number of aromatic hydroxyl groups is 1. The Hall–Kier alpha value is -1.13. The van der Waals surface area contributed by atoms with Crippen LogP contribution in [0.25, 0.3) is 0 Å². The predicted molar refractivity (Wildman–Crippen MR) is 60.9 cm³/mol. The summed E-state index contributed by atoms with van der Waals surface area (Å²) in [6, 6.07) is 4.10. The van der Waals surface area contributed by atoms with Gasteiger partial charge in [-0.3, -0.25) is 4.90 Å². The van der Waals surface area contributed by atoms with Crippen LogP contribution in [0.2, 0.25) is 0 Å². The molecule has 1 aromatic carbocycles. The highest BCUT2D eigenvalue weighted by atomic mass is 19.1. The molecule has 0 aliphatic carbocycles. The molecule has 0 spiro atoms. The van der Waals surface area contributed by atoms with Crippen molar-refractivity contribution in [2.24, 2.45) is 0 Å². The number of halogens is 1. The van der Waals surface area contributed by atoms with E-state index in [9.17, 15) is 9.50 Å². The maximum absolute atomic E-state index is 13.0. The second kappa shape index (κ2) is 6.45. The van der Waals surface area contributed by atoms with E-state index >= 15 is 0 Å². The summed E-state index contributed by atoms with van der Waals surface area (Å²) in [6.45, 7) is 4.69. The zero-order chi connectivity index (χ0) is 12.0. The van der Waals surface area contributed by atoms with Crippen molar-refractivity contribution in [2.75, 3.05) is 26.8 Å². The fraction of sp³-hybridized carbons (Fsp3) is 0.500. The summed E-state index contributed by atoms with van der Waals surface area (Å²) in [7, 11) is 1.93. The molecule has 3 nitrogen and oxygen atoms in total. The summed E-state index contributed by atoms with van der Waals surface area (Å²) in [4.78, 5) is 2.02. The van der Waals surface area contributed by atoms with Gasteiger partial charge in [0.15, 0.2) is 0 Å². The Morgan fingerprint density at radius 3 is 2.75 bits per heavy atom. The van der Waals surface area contributed by atoms with E-state index in [0.717, 1.165) is 18.2 Å². The number of hydrogen-bond acceptors (Lipinski definition) is 3. The van der Waals surface area contributed by atoms with Crippen molar-refractivity contribution in [3.05, 3.63) is 29.6 Å². The summed E-state index contributed by atoms with van der Waals surface area (Å²) >= 11 is 0. The van der Waals surface area contributed by atoms with Crippen LogP contribution in [0.1, 0.15) is 12.5 Å². The monoisotopic (exact) mass is 227 g/mol. The van der Waals surface area contributed by atoms with E-state index < -0.39 is 5.82 Å². The largest absolute Gasteiger partial charge is 0.508 e. The highest BCUT2D eigenvalue weighted by Gasteiger charge is 2.03. The van der Waals surface area contributed by atoms with Gasteiger partial charge in [0.25, 0.3) is 0 Å². The molecule has 4 heteroatoms. The Balaban J connectivity index is 2.45. The second-order valence-electron chi connectivity index (χ2n) is 3.75. The molecule has 1 aromatic rings. The third-order valence-corrected chi connectivity index (χ3v) is 2.22. The fourth-order valence-corrected chi connectivity index (χ4v) is 1.48. The van der Waals surface area contributed by atoms with Crippen molar-refractivity contribution in [3.63, 3.8) is 0 Å². The average molecular weight is 227 g/mol. The van der Waals surface area contributed by atoms with Gasteiger partial charge in [0.05, 0.1) is 6.61 Å². The number of nitrogens with zero attached hydrogens (tertiary/aromatic N) is 1. The van der Waals surface area contributed by atoms with Crippen LogP contribution in [0, 0.1) is 5.82 Å². The van der Waals surface area contributed by atoms with Gasteiger partial charge in [-0.2, -0.15) is 0 Å². The third kappa shape index (κ3) is 4.59. The van der Waals surface area contributed by atoms with Crippen LogP contribution in [-0.4, -0.2) is 36.8 Å². The van der Waals surface area contributed by atoms with E-state index in [2.05, 4.69) is 0 Å². The van der Waals surface area contributed by atoms with Gasteiger partial charge in [0, 0.05) is 25.8 Å². The molecule has 0 saturated carbocycles. The van der Waals surface area contributed by atoms with Crippen LogP contribution in [0.4, 0.5) is 4.39 Å². The number of likely N-dealkylation sites (N-methyl/N-ethyl adjacent to an activating group) is 1. The van der Waals surface area contributed by atoms with Gasteiger partial charge in [-0.15, -0.1) is 0 Å². The molecule has 90 valence electrons. The Morgan fingerprint density at radius 1 is 1.38 bits per heavy atom. The lowest BCUT2D eigenvalue weighted by Crippen LogP contribution is -2.22. The zero-order valence-corrected chi connectivity index (χ0v) is 9.74. The van der Waals surface area contributed by atoms with Crippen molar-refractivity contribution < 1.29 is 14.2 Å². The topological polar surface area (TPSA) is 32.7 Å². The molecule has 0 saturated heterocycles. The lowest BCUT2D eigenvalue weighted by atomic mass is 10.2. The maximum Gasteiger partial charge on any atom is 0.127 e. The van der Waals surface area contributed by atoms with Crippen molar-refractivity contribution in [1.82, 2.24) is 4.90 Å². The molecule has 16 heavy (non-hydrogen) atoms. The van der Waals surface area contributed by atoms with Crippen LogP contribution in [0.3, 0.4) is 0 Å². The molecular weight excluding hydrogens is 209 g/mol. The summed E-state index contributed by atoms with van der Waals surface area (Å²) in [5.41, 5.74) is 0.761. The number of ether oxygens (including phenoxy) is 1. The minimum absolute atomic E-state index is 0.0341. The molecule has 0 amide bonds. The number of benzene rings is 1. The first-order chi connectivity index (χ1) is 7.61. The number of rotatable bonds is 6. The summed E-state index contributed by atoms with van der Waals surface area (Å²) in [6.07, 6.45) is 0. The first kappa shape index (κ1) is 12.9. The second-order valence-corrected chi connectivity index (χ2v) is 3.75. The Kier molecular flexibility index (Phi) is 5.22. The van der Waals surface area contributed by atoms with Crippen LogP contribution >= 0.6 is 0 Å². The Labute approximate surface area is 95.5 Å². The van der Waals surface area contributed by atoms with Gasteiger partial charge in [-0.25, -0.2) is 4.39 Å². The molecule has 0 atom stereocenters. The molecule has 0 aliphatic rings. The lowest BCUT2D eigenvalue weighted by molar-refractivity contribution is 0.120. The van der Waals surface area contributed by atoms with E-state index in [1.54, 1.807) is 6.07 Å². The predicted octanol–water partition coefficient (Wildman–Crippen LogP) is 2.00. The molecule has 0 unspecified atom stereocenters. The number of phenolic OH excluding ortho intramolecular Hbond substituents is 1. The van der Waals surface area contributed by atoms with Crippen LogP contribution in [-0.2, 0) is 11.3 Å². The molecule has 0 aromatic heterocycles. The quantitative estimate of drug-likeness (QED) is 0.754. The smallest absolute Gasteiger partial charge is 0.127 e. The van der Waals surface area contributed by atoms with Gasteiger partial charge in [0.2, 0.25) is 0 Å². The first-order valence-electron chi connectivity index (χ1n) is 5.36. The maximum atomic E-state index is 13.0. The average Bonchev–Trinajstić information content (AvgIpc) is 2.16. The zero-order valence-electron chi connectivity index (χ0n) is 9.74. The van der Waals surface area contributed by atoms with E-state index in [1.807, 2.05) is 18.9 Å². The summed E-state index contributed by atoms with van der Waals surface area (Å²) in [5, 5.41) is 9.24. The van der Waals surface area contributed by atoms with Gasteiger partial charge in [-0.1, -0.05) is 0 Å². The van der Waals surface area contributed by atoms with Gasteiger partial charge < -0.3 is 9.84 Å². The van der Waals surface area contributed by atoms with Crippen molar-refractivity contribution in [2.45, 2.75) is 13.5 Å². The molecule has 0 aliphatic heterocycles. The van der Waals surface area contributed by atoms with Crippen molar-refractivity contribution in [3.8, 4) is 5.75 Å². The van der Waals surface area contributed by atoms with Crippen LogP contribution in [0.5, 0.6) is 5.75 Å². The molecule has 0 radical (unpaired) electrons. The van der Waals surface area contributed by atoms with E-state index in [1.165, 1.54) is 6.07 Å². The van der Waals surface area contributed by atoms with E-state index in [0.29, 0.717) is 19.8 Å². The fourth-order valence-electron chi connectivity index (χ4n) is 1.48. The molecule has 0 fully saturated rings. The first-order valence-corrected chi connectivity index (χ1v) is 5.36. The molecular formula is C12H18FNO2. The molecule has 1 N–H and O–H groups in total. The SMILES string of the molecule is CCOCCN(C)Cc1cc(O)cc(F)c1. The number of phenols is 1. The van der Waals surface area contributed by atoms with E-state index in [4.69, 9.17) is 4.74 Å². The molecule has 0 bridgehead atoms. The highest BCUT2D eigenvalue weighted by molar-refractivity contribution is 5.28. The van der Waals surface area contributed by atoms with Gasteiger partial charge >= 0.3 is 0 Å². The van der Waals surface area contributed by atoms with E-state index in [-0.39, 0.29) is 5.75 Å². The standard InChI is InChI=1S/C12H18FNO2/c1-3-16-5-4-14(2)9-10-6-11(13)8-12(15)7-10/h6-8,15H,3-5,9H2,1-2H3. The summed E-state index contributed by atoms with van der Waals surface area (Å²) < 4.78 is 18.2. The van der Waals surface area contributed by atoms with Crippen LogP contribution < -0.4 is 0 Å². The van der Waals surface area contributed by atoms with Crippen LogP contribution in [0.15, 0.2) is 18.2 Å². The highest BCUT2D eigenvalue weighted by Crippen LogP contribution is 2.15. The van der Waals surface area contributed by atoms with Gasteiger partial charge in [0.1, 0.15) is 11.6 Å².